The second-order valence-corrected chi connectivity index (χ2v) is 6.46. The van der Waals surface area contributed by atoms with Gasteiger partial charge in [-0.25, -0.2) is 13.6 Å². The van der Waals surface area contributed by atoms with Crippen LogP contribution in [0.25, 0.3) is 0 Å². The average molecular weight is 270 g/mol. The number of hydrogen-bond acceptors (Lipinski definition) is 4. The fourth-order valence-electron chi connectivity index (χ4n) is 1.98. The zero-order valence-electron chi connectivity index (χ0n) is 10.1. The molecule has 1 aromatic rings. The van der Waals surface area contributed by atoms with Crippen molar-refractivity contribution in [2.24, 2.45) is 10.6 Å². The Morgan fingerprint density at radius 1 is 1.28 bits per heavy atom. The lowest BCUT2D eigenvalue weighted by atomic mass is 10.0. The lowest BCUT2D eigenvalue weighted by Gasteiger charge is -2.15. The van der Waals surface area contributed by atoms with Gasteiger partial charge in [0.1, 0.15) is 0 Å². The first-order valence-corrected chi connectivity index (χ1v) is 7.47. The summed E-state index contributed by atoms with van der Waals surface area (Å²) in [6.45, 7) is 1.02. The van der Waals surface area contributed by atoms with Crippen LogP contribution in [0.4, 0.5) is 5.69 Å². The van der Waals surface area contributed by atoms with Crippen LogP contribution in [0.2, 0.25) is 0 Å². The summed E-state index contributed by atoms with van der Waals surface area (Å²) in [5, 5.41) is 17.2. The van der Waals surface area contributed by atoms with E-state index in [9.17, 15) is 8.42 Å². The van der Waals surface area contributed by atoms with Crippen molar-refractivity contribution in [3.8, 4) is 0 Å². The molecule has 0 atom stereocenters. The standard InChI is InChI=1S/C12H18N2O3S/c13-18(16,17)11-3-1-10(2-4-11)14-9-12(5-6-12)7-8-15/h1-4,14-15H,5-9H2,(H2,13,16,17). The summed E-state index contributed by atoms with van der Waals surface area (Å²) in [6, 6.07) is 6.39. The predicted molar refractivity (Wildman–Crippen MR) is 69.7 cm³/mol. The summed E-state index contributed by atoms with van der Waals surface area (Å²) >= 11 is 0. The van der Waals surface area contributed by atoms with Gasteiger partial charge >= 0.3 is 0 Å². The number of sulfonamides is 1. The Labute approximate surface area is 107 Å². The molecule has 18 heavy (non-hydrogen) atoms. The molecule has 0 amide bonds. The minimum atomic E-state index is -3.62. The Balaban J connectivity index is 1.95. The summed E-state index contributed by atoms with van der Waals surface area (Å²) in [7, 11) is -3.62. The van der Waals surface area contributed by atoms with Crippen LogP contribution in [0.3, 0.4) is 0 Å². The molecule has 2 rings (SSSR count). The topological polar surface area (TPSA) is 92.4 Å². The van der Waals surface area contributed by atoms with E-state index in [0.29, 0.717) is 0 Å². The molecule has 1 aliphatic carbocycles. The maximum atomic E-state index is 11.1. The summed E-state index contributed by atoms with van der Waals surface area (Å²) < 4.78 is 22.2. The molecule has 1 aliphatic rings. The van der Waals surface area contributed by atoms with Gasteiger partial charge in [-0.05, 0) is 48.9 Å². The van der Waals surface area contributed by atoms with Gasteiger partial charge in [0.2, 0.25) is 10.0 Å². The van der Waals surface area contributed by atoms with E-state index >= 15 is 0 Å². The molecule has 100 valence electrons. The number of rotatable bonds is 6. The third-order valence-electron chi connectivity index (χ3n) is 3.45. The Kier molecular flexibility index (Phi) is 3.61. The summed E-state index contributed by atoms with van der Waals surface area (Å²) in [4.78, 5) is 0.115. The van der Waals surface area contributed by atoms with Gasteiger partial charge in [0.05, 0.1) is 4.90 Å². The van der Waals surface area contributed by atoms with E-state index < -0.39 is 10.0 Å². The monoisotopic (exact) mass is 270 g/mol. The fourth-order valence-corrected chi connectivity index (χ4v) is 2.50. The van der Waals surface area contributed by atoms with E-state index in [0.717, 1.165) is 31.5 Å². The predicted octanol–water partition coefficient (Wildman–Crippen LogP) is 0.908. The number of anilines is 1. The number of primary sulfonamides is 1. The Hall–Kier alpha value is -1.11. The average Bonchev–Trinajstić information content (AvgIpc) is 3.07. The fraction of sp³-hybridized carbons (Fsp3) is 0.500. The van der Waals surface area contributed by atoms with Crippen molar-refractivity contribution in [2.75, 3.05) is 18.5 Å². The second kappa shape index (κ2) is 4.87. The summed E-state index contributed by atoms with van der Waals surface area (Å²) in [5.74, 6) is 0. The maximum Gasteiger partial charge on any atom is 0.238 e. The van der Waals surface area contributed by atoms with Crippen molar-refractivity contribution in [1.29, 1.82) is 0 Å². The van der Waals surface area contributed by atoms with Crippen LogP contribution in [0.5, 0.6) is 0 Å². The molecule has 0 aliphatic heterocycles. The van der Waals surface area contributed by atoms with Gasteiger partial charge in [-0.15, -0.1) is 0 Å². The van der Waals surface area contributed by atoms with Crippen molar-refractivity contribution >= 4 is 15.7 Å². The number of benzene rings is 1. The van der Waals surface area contributed by atoms with E-state index in [4.69, 9.17) is 10.2 Å². The van der Waals surface area contributed by atoms with Crippen LogP contribution in [0, 0.1) is 5.41 Å². The minimum Gasteiger partial charge on any atom is -0.396 e. The van der Waals surface area contributed by atoms with Gasteiger partial charge in [-0.3, -0.25) is 0 Å². The number of nitrogens with one attached hydrogen (secondary N) is 1. The minimum absolute atomic E-state index is 0.115. The van der Waals surface area contributed by atoms with Crippen LogP contribution in [-0.4, -0.2) is 26.7 Å². The number of aliphatic hydroxyl groups is 1. The normalized spacial score (nSPS) is 17.4. The van der Waals surface area contributed by atoms with Gasteiger partial charge in [-0.1, -0.05) is 0 Å². The van der Waals surface area contributed by atoms with Gasteiger partial charge in [-0.2, -0.15) is 0 Å². The van der Waals surface area contributed by atoms with Gasteiger partial charge in [0.15, 0.2) is 0 Å². The Bertz CT molecular complexity index is 507. The van der Waals surface area contributed by atoms with Crippen molar-refractivity contribution in [3.05, 3.63) is 24.3 Å². The Morgan fingerprint density at radius 2 is 1.89 bits per heavy atom. The van der Waals surface area contributed by atoms with Crippen molar-refractivity contribution in [1.82, 2.24) is 0 Å². The molecule has 0 spiro atoms. The number of hydrogen-bond donors (Lipinski definition) is 3. The van der Waals surface area contributed by atoms with E-state index in [2.05, 4.69) is 5.32 Å². The smallest absolute Gasteiger partial charge is 0.238 e. The van der Waals surface area contributed by atoms with E-state index in [1.165, 1.54) is 12.1 Å². The van der Waals surface area contributed by atoms with Crippen LogP contribution < -0.4 is 10.5 Å². The van der Waals surface area contributed by atoms with Crippen molar-refractivity contribution < 1.29 is 13.5 Å². The molecule has 0 unspecified atom stereocenters. The van der Waals surface area contributed by atoms with Crippen LogP contribution >= 0.6 is 0 Å². The van der Waals surface area contributed by atoms with Crippen LogP contribution in [-0.2, 0) is 10.0 Å². The molecule has 0 saturated heterocycles. The molecule has 0 bridgehead atoms. The third-order valence-corrected chi connectivity index (χ3v) is 4.38. The largest absolute Gasteiger partial charge is 0.396 e. The van der Waals surface area contributed by atoms with E-state index in [1.54, 1.807) is 12.1 Å². The SMILES string of the molecule is NS(=O)(=O)c1ccc(NCC2(CCO)CC2)cc1. The van der Waals surface area contributed by atoms with E-state index in [-0.39, 0.29) is 16.9 Å². The Morgan fingerprint density at radius 3 is 2.33 bits per heavy atom. The highest BCUT2D eigenvalue weighted by Crippen LogP contribution is 2.48. The molecule has 0 heterocycles. The molecule has 4 N–H and O–H groups in total. The second-order valence-electron chi connectivity index (χ2n) is 4.90. The zero-order chi connectivity index (χ0) is 13.2. The van der Waals surface area contributed by atoms with Gasteiger partial charge < -0.3 is 10.4 Å². The molecule has 5 nitrogen and oxygen atoms in total. The summed E-state index contributed by atoms with van der Waals surface area (Å²) in [6.07, 6.45) is 3.08. The molecule has 1 saturated carbocycles. The third kappa shape index (κ3) is 3.22. The molecule has 0 radical (unpaired) electrons. The van der Waals surface area contributed by atoms with Gasteiger partial charge in [0, 0.05) is 18.8 Å². The van der Waals surface area contributed by atoms with Gasteiger partial charge in [0.25, 0.3) is 0 Å². The molecular formula is C12H18N2O3S. The molecule has 0 aromatic heterocycles. The molecule has 6 heteroatoms. The highest BCUT2D eigenvalue weighted by Gasteiger charge is 2.41. The maximum absolute atomic E-state index is 11.1. The molecule has 1 fully saturated rings. The highest BCUT2D eigenvalue weighted by molar-refractivity contribution is 7.89. The molecular weight excluding hydrogens is 252 g/mol. The highest BCUT2D eigenvalue weighted by atomic mass is 32.2. The number of aliphatic hydroxyl groups excluding tert-OH is 1. The van der Waals surface area contributed by atoms with Crippen LogP contribution in [0.1, 0.15) is 19.3 Å². The quantitative estimate of drug-likeness (QED) is 0.716. The van der Waals surface area contributed by atoms with Crippen molar-refractivity contribution in [2.45, 2.75) is 24.2 Å². The zero-order valence-corrected chi connectivity index (χ0v) is 10.9. The summed E-state index contributed by atoms with van der Waals surface area (Å²) in [5.41, 5.74) is 1.10. The van der Waals surface area contributed by atoms with Crippen LogP contribution in [0.15, 0.2) is 29.2 Å². The lowest BCUT2D eigenvalue weighted by molar-refractivity contribution is 0.253. The first-order chi connectivity index (χ1) is 8.45. The first kappa shape index (κ1) is 13.3. The number of nitrogens with two attached hydrogens (primary N) is 1. The first-order valence-electron chi connectivity index (χ1n) is 5.93. The van der Waals surface area contributed by atoms with Crippen molar-refractivity contribution in [3.63, 3.8) is 0 Å². The lowest BCUT2D eigenvalue weighted by Crippen LogP contribution is -2.17. The molecule has 1 aromatic carbocycles. The van der Waals surface area contributed by atoms with E-state index in [1.807, 2.05) is 0 Å².